The van der Waals surface area contributed by atoms with Gasteiger partial charge in [0.15, 0.2) is 0 Å². The summed E-state index contributed by atoms with van der Waals surface area (Å²) in [4.78, 5) is 15.0. The van der Waals surface area contributed by atoms with E-state index in [0.717, 1.165) is 51.1 Å². The number of ketones is 1. The molecule has 1 aliphatic heterocycles. The summed E-state index contributed by atoms with van der Waals surface area (Å²) in [6.45, 7) is 12.9. The predicted octanol–water partition coefficient (Wildman–Crippen LogP) is 7.53. The Kier molecular flexibility index (Phi) is 18.1. The molecule has 1 atom stereocenters. The molecule has 1 aromatic heterocycles. The number of ether oxygens (including phenoxy) is 2. The van der Waals surface area contributed by atoms with Crippen LogP contribution in [-0.2, 0) is 9.53 Å². The van der Waals surface area contributed by atoms with Gasteiger partial charge < -0.3 is 19.7 Å². The summed E-state index contributed by atoms with van der Waals surface area (Å²) < 4.78 is 20.4. The first-order valence-corrected chi connectivity index (χ1v) is 16.5. The normalized spacial score (nSPS) is 15.3. The van der Waals surface area contributed by atoms with Crippen molar-refractivity contribution >= 4 is 23.3 Å². The SMILES string of the molecule is CCCCC/C=C\C/C=C\CCCCCCCC(=O)C[C@@H](CNC(C)(C)C)COc1nsnc1N1CCOCC1. The Bertz CT molecular complexity index is 843. The molecule has 0 unspecified atom stereocenters. The molecule has 0 radical (unpaired) electrons. The maximum Gasteiger partial charge on any atom is 0.270 e. The monoisotopic (exact) mass is 576 g/mol. The van der Waals surface area contributed by atoms with Crippen molar-refractivity contribution < 1.29 is 14.3 Å². The minimum absolute atomic E-state index is 0.0113. The number of hydrogen-bond acceptors (Lipinski definition) is 8. The van der Waals surface area contributed by atoms with Gasteiger partial charge in [-0.1, -0.05) is 63.3 Å². The summed E-state index contributed by atoms with van der Waals surface area (Å²) in [5.74, 6) is 1.81. The predicted molar refractivity (Wildman–Crippen MR) is 169 cm³/mol. The number of Topliss-reactive ketones (excluding diaryl/α,β-unsaturated/α-hetero) is 1. The van der Waals surface area contributed by atoms with Gasteiger partial charge in [0.25, 0.3) is 5.88 Å². The van der Waals surface area contributed by atoms with Gasteiger partial charge in [-0.25, -0.2) is 0 Å². The Labute approximate surface area is 248 Å². The lowest BCUT2D eigenvalue weighted by Crippen LogP contribution is -2.41. The van der Waals surface area contributed by atoms with Gasteiger partial charge in [-0.2, -0.15) is 4.37 Å². The van der Waals surface area contributed by atoms with Crippen LogP contribution in [0.5, 0.6) is 5.88 Å². The average molecular weight is 577 g/mol. The molecule has 0 saturated carbocycles. The summed E-state index contributed by atoms with van der Waals surface area (Å²) in [6.07, 6.45) is 23.6. The molecule has 1 aliphatic rings. The highest BCUT2D eigenvalue weighted by Gasteiger charge is 2.23. The third-order valence-corrected chi connectivity index (χ3v) is 7.55. The molecule has 228 valence electrons. The van der Waals surface area contributed by atoms with E-state index in [9.17, 15) is 4.79 Å². The quantitative estimate of drug-likeness (QED) is 0.113. The number of carbonyl (C=O) groups is 1. The zero-order valence-electron chi connectivity index (χ0n) is 25.8. The number of rotatable bonds is 22. The lowest BCUT2D eigenvalue weighted by molar-refractivity contribution is -0.120. The van der Waals surface area contributed by atoms with Crippen LogP contribution in [0.25, 0.3) is 0 Å². The molecule has 7 nitrogen and oxygen atoms in total. The topological polar surface area (TPSA) is 76.6 Å². The molecule has 0 bridgehead atoms. The van der Waals surface area contributed by atoms with E-state index in [2.05, 4.69) is 71.0 Å². The van der Waals surface area contributed by atoms with Gasteiger partial charge in [-0.15, -0.1) is 4.37 Å². The van der Waals surface area contributed by atoms with Gasteiger partial charge in [0.2, 0.25) is 5.82 Å². The number of carbonyl (C=O) groups excluding carboxylic acids is 1. The summed E-state index contributed by atoms with van der Waals surface area (Å²) in [6, 6.07) is 0. The van der Waals surface area contributed by atoms with E-state index in [-0.39, 0.29) is 11.5 Å². The van der Waals surface area contributed by atoms with Crippen molar-refractivity contribution in [3.8, 4) is 5.88 Å². The third kappa shape index (κ3) is 16.5. The number of anilines is 1. The fourth-order valence-corrected chi connectivity index (χ4v) is 5.15. The average Bonchev–Trinajstić information content (AvgIpc) is 3.41. The molecule has 1 fully saturated rings. The second kappa shape index (κ2) is 21.0. The standard InChI is InChI=1S/C32H56N4O3S/c1-5-6-7-8-9-10-11-12-13-14-15-16-17-18-19-20-29(37)25-28(26-33-32(2,3)4)27-39-31-30(34-40-35-31)36-21-23-38-24-22-36/h9-10,12-13,28,33H,5-8,11,14-27H2,1-4H3/b10-9-,13-12-/t28-/m0/s1. The van der Waals surface area contributed by atoms with Crippen molar-refractivity contribution in [1.82, 2.24) is 14.1 Å². The van der Waals surface area contributed by atoms with Gasteiger partial charge in [0.05, 0.1) is 31.5 Å². The van der Waals surface area contributed by atoms with Crippen LogP contribution >= 0.6 is 11.7 Å². The Hall–Kier alpha value is -1.77. The number of unbranched alkanes of at least 4 members (excludes halogenated alkanes) is 8. The summed E-state index contributed by atoms with van der Waals surface area (Å²) in [5.41, 5.74) is -0.0113. The van der Waals surface area contributed by atoms with E-state index in [1.165, 1.54) is 56.7 Å². The molecule has 2 rings (SSSR count). The summed E-state index contributed by atoms with van der Waals surface area (Å²) >= 11 is 1.17. The minimum atomic E-state index is -0.0113. The minimum Gasteiger partial charge on any atom is -0.474 e. The molecule has 0 amide bonds. The van der Waals surface area contributed by atoms with E-state index in [1.807, 2.05) is 0 Å². The smallest absolute Gasteiger partial charge is 0.270 e. The number of allylic oxidation sites excluding steroid dienone is 4. The molecular weight excluding hydrogens is 520 g/mol. The molecular formula is C32H56N4O3S. The third-order valence-electron chi connectivity index (χ3n) is 7.05. The molecule has 40 heavy (non-hydrogen) atoms. The molecule has 8 heteroatoms. The van der Waals surface area contributed by atoms with Crippen LogP contribution in [0.15, 0.2) is 24.3 Å². The number of nitrogens with one attached hydrogen (secondary N) is 1. The van der Waals surface area contributed by atoms with Crippen LogP contribution in [0.1, 0.15) is 111 Å². The highest BCUT2D eigenvalue weighted by atomic mass is 32.1. The first kappa shape index (κ1) is 34.4. The van der Waals surface area contributed by atoms with Crippen molar-refractivity contribution in [2.45, 2.75) is 117 Å². The highest BCUT2D eigenvalue weighted by Crippen LogP contribution is 2.27. The largest absolute Gasteiger partial charge is 0.474 e. The van der Waals surface area contributed by atoms with E-state index in [4.69, 9.17) is 9.47 Å². The van der Waals surface area contributed by atoms with Crippen LogP contribution < -0.4 is 15.0 Å². The first-order chi connectivity index (χ1) is 19.4. The van der Waals surface area contributed by atoms with Gasteiger partial charge in [0.1, 0.15) is 5.78 Å². The molecule has 0 aliphatic carbocycles. The van der Waals surface area contributed by atoms with E-state index >= 15 is 0 Å². The maximum absolute atomic E-state index is 12.8. The lowest BCUT2D eigenvalue weighted by Gasteiger charge is -2.27. The van der Waals surface area contributed by atoms with Gasteiger partial charge >= 0.3 is 0 Å². The number of aromatic nitrogens is 2. The second-order valence-corrected chi connectivity index (χ2v) is 12.6. The molecule has 0 spiro atoms. The fraction of sp³-hybridized carbons (Fsp3) is 0.781. The van der Waals surface area contributed by atoms with Crippen LogP contribution in [-0.4, -0.2) is 59.5 Å². The Balaban J connectivity index is 1.62. The van der Waals surface area contributed by atoms with Gasteiger partial charge in [-0.05, 0) is 59.3 Å². The first-order valence-electron chi connectivity index (χ1n) is 15.7. The van der Waals surface area contributed by atoms with E-state index in [1.54, 1.807) is 0 Å². The zero-order chi connectivity index (χ0) is 28.9. The Morgan fingerprint density at radius 2 is 1.68 bits per heavy atom. The maximum atomic E-state index is 12.8. The van der Waals surface area contributed by atoms with Crippen molar-refractivity contribution in [2.24, 2.45) is 5.92 Å². The van der Waals surface area contributed by atoms with Crippen LogP contribution in [0.2, 0.25) is 0 Å². The van der Waals surface area contributed by atoms with Crippen LogP contribution in [0.4, 0.5) is 5.82 Å². The van der Waals surface area contributed by atoms with Crippen molar-refractivity contribution in [3.63, 3.8) is 0 Å². The second-order valence-electron chi connectivity index (χ2n) is 12.0. The van der Waals surface area contributed by atoms with Crippen molar-refractivity contribution in [1.29, 1.82) is 0 Å². The van der Waals surface area contributed by atoms with Crippen molar-refractivity contribution in [2.75, 3.05) is 44.4 Å². The number of morpholine rings is 1. The van der Waals surface area contributed by atoms with Crippen LogP contribution in [0.3, 0.4) is 0 Å². The molecule has 1 N–H and O–H groups in total. The molecule has 0 aromatic carbocycles. The van der Waals surface area contributed by atoms with E-state index < -0.39 is 0 Å². The molecule has 1 aromatic rings. The Morgan fingerprint density at radius 3 is 2.38 bits per heavy atom. The molecule has 1 saturated heterocycles. The van der Waals surface area contributed by atoms with E-state index in [0.29, 0.717) is 44.3 Å². The fourth-order valence-electron chi connectivity index (χ4n) is 4.63. The van der Waals surface area contributed by atoms with Crippen LogP contribution in [0, 0.1) is 5.92 Å². The van der Waals surface area contributed by atoms with Crippen molar-refractivity contribution in [3.05, 3.63) is 24.3 Å². The highest BCUT2D eigenvalue weighted by molar-refractivity contribution is 6.99. The Morgan fingerprint density at radius 1 is 1.00 bits per heavy atom. The zero-order valence-corrected chi connectivity index (χ0v) is 26.6. The van der Waals surface area contributed by atoms with Gasteiger partial charge in [0, 0.05) is 43.9 Å². The number of hydrogen-bond donors (Lipinski definition) is 1. The summed E-state index contributed by atoms with van der Waals surface area (Å²) in [7, 11) is 0. The van der Waals surface area contributed by atoms with Gasteiger partial charge in [-0.3, -0.25) is 4.79 Å². The lowest BCUT2D eigenvalue weighted by atomic mass is 9.98. The number of nitrogens with zero attached hydrogens (tertiary/aromatic N) is 3. The molecule has 2 heterocycles. The summed E-state index contributed by atoms with van der Waals surface area (Å²) in [5, 5.41) is 3.56.